The molecule has 0 radical (unpaired) electrons. The third-order valence-electron chi connectivity index (χ3n) is 5.16. The topological polar surface area (TPSA) is 260 Å². The molecular weight excluding hydrogens is 510 g/mol. The van der Waals surface area contributed by atoms with Crippen LogP contribution < -0.4 is 27.4 Å². The van der Waals surface area contributed by atoms with Crippen molar-refractivity contribution in [3.05, 3.63) is 18.2 Å². The second-order valence-corrected chi connectivity index (χ2v) is 9.11. The van der Waals surface area contributed by atoms with E-state index in [1.54, 1.807) is 0 Å². The largest absolute Gasteiger partial charge is 0.481 e. The number of thioether (sulfide) groups is 1. The Hall–Kier alpha value is -3.66. The summed E-state index contributed by atoms with van der Waals surface area (Å²) in [5, 5.41) is 25.4. The fraction of sp³-hybridized carbons (Fsp3) is 0.571. The van der Waals surface area contributed by atoms with Crippen molar-refractivity contribution >= 4 is 47.3 Å². The van der Waals surface area contributed by atoms with Gasteiger partial charge >= 0.3 is 11.9 Å². The highest BCUT2D eigenvalue weighted by Crippen LogP contribution is 2.06. The lowest BCUT2D eigenvalue weighted by atomic mass is 10.1. The molecule has 1 aromatic heterocycles. The zero-order chi connectivity index (χ0) is 28.0. The lowest BCUT2D eigenvalue weighted by molar-refractivity contribution is -0.143. The van der Waals surface area contributed by atoms with E-state index in [2.05, 4.69) is 25.9 Å². The average molecular weight is 544 g/mol. The van der Waals surface area contributed by atoms with Crippen LogP contribution in [0.1, 0.15) is 37.8 Å². The Bertz CT molecular complexity index is 943. The smallest absolute Gasteiger partial charge is 0.326 e. The number of carboxylic acid groups (broad SMARTS) is 2. The second kappa shape index (κ2) is 16.2. The molecule has 4 unspecified atom stereocenters. The van der Waals surface area contributed by atoms with Crippen molar-refractivity contribution in [1.82, 2.24) is 25.9 Å². The predicted octanol–water partition coefficient (Wildman–Crippen LogP) is -2.30. The van der Waals surface area contributed by atoms with Gasteiger partial charge in [-0.2, -0.15) is 11.8 Å². The molecule has 4 amide bonds. The molecule has 0 aliphatic rings. The number of rotatable bonds is 18. The molecule has 4 atom stereocenters. The van der Waals surface area contributed by atoms with Crippen LogP contribution in [0.15, 0.2) is 12.5 Å². The summed E-state index contributed by atoms with van der Waals surface area (Å²) < 4.78 is 0. The average Bonchev–Trinajstić information content (AvgIpc) is 3.34. The van der Waals surface area contributed by atoms with E-state index in [1.165, 1.54) is 24.3 Å². The predicted molar refractivity (Wildman–Crippen MR) is 132 cm³/mol. The van der Waals surface area contributed by atoms with Crippen molar-refractivity contribution in [2.75, 3.05) is 12.0 Å². The number of H-pyrrole nitrogens is 1. The molecule has 37 heavy (non-hydrogen) atoms. The van der Waals surface area contributed by atoms with Crippen LogP contribution in [-0.2, 0) is 35.2 Å². The van der Waals surface area contributed by atoms with Crippen molar-refractivity contribution < 1.29 is 39.0 Å². The van der Waals surface area contributed by atoms with Crippen molar-refractivity contribution in [2.45, 2.75) is 62.7 Å². The Labute approximate surface area is 216 Å². The Morgan fingerprint density at radius 2 is 1.54 bits per heavy atom. The number of amides is 4. The van der Waals surface area contributed by atoms with E-state index in [0.717, 1.165) is 0 Å². The number of nitrogens with two attached hydrogens (primary N) is 2. The molecular formula is C21H33N7O8S. The molecule has 1 rings (SSSR count). The lowest BCUT2D eigenvalue weighted by Crippen LogP contribution is -2.57. The molecule has 0 bridgehead atoms. The molecule has 0 aromatic carbocycles. The molecule has 0 saturated heterocycles. The van der Waals surface area contributed by atoms with Gasteiger partial charge in [0, 0.05) is 31.2 Å². The van der Waals surface area contributed by atoms with Gasteiger partial charge in [0.2, 0.25) is 23.6 Å². The lowest BCUT2D eigenvalue weighted by Gasteiger charge is -2.25. The first kappa shape index (κ1) is 31.4. The first-order valence-corrected chi connectivity index (χ1v) is 12.7. The number of carbonyl (C=O) groups is 6. The van der Waals surface area contributed by atoms with E-state index < -0.39 is 66.2 Å². The first-order chi connectivity index (χ1) is 17.4. The normalized spacial score (nSPS) is 14.0. The van der Waals surface area contributed by atoms with Gasteiger partial charge < -0.3 is 42.6 Å². The Morgan fingerprint density at radius 3 is 2.08 bits per heavy atom. The second-order valence-electron chi connectivity index (χ2n) is 8.13. The fourth-order valence-electron chi connectivity index (χ4n) is 3.11. The zero-order valence-electron chi connectivity index (χ0n) is 20.3. The quantitative estimate of drug-likeness (QED) is 0.0976. The van der Waals surface area contributed by atoms with Crippen LogP contribution in [0.3, 0.4) is 0 Å². The van der Waals surface area contributed by atoms with Crippen molar-refractivity contribution in [3.63, 3.8) is 0 Å². The minimum atomic E-state index is -1.52. The SMILES string of the molecule is CSCCC(N)C(=O)NC(CCC(N)=O)C(=O)NC(Cc1cnc[nH]1)C(=O)NC(CCC(=O)O)C(=O)O. The number of hydrogen-bond donors (Lipinski definition) is 8. The molecule has 0 aliphatic carbocycles. The maximum absolute atomic E-state index is 13.1. The number of carbonyl (C=O) groups excluding carboxylic acids is 4. The number of aliphatic carboxylic acids is 2. The van der Waals surface area contributed by atoms with Gasteiger partial charge in [-0.25, -0.2) is 9.78 Å². The van der Waals surface area contributed by atoms with Crippen LogP contribution in [0.4, 0.5) is 0 Å². The summed E-state index contributed by atoms with van der Waals surface area (Å²) in [7, 11) is 0. The molecule has 15 nitrogen and oxygen atoms in total. The molecule has 0 aliphatic heterocycles. The molecule has 0 fully saturated rings. The fourth-order valence-corrected chi connectivity index (χ4v) is 3.60. The molecule has 206 valence electrons. The Morgan fingerprint density at radius 1 is 0.946 bits per heavy atom. The van der Waals surface area contributed by atoms with E-state index in [9.17, 15) is 33.9 Å². The summed E-state index contributed by atoms with van der Waals surface area (Å²) in [5.41, 5.74) is 11.5. The Balaban J connectivity index is 3.06. The van der Waals surface area contributed by atoms with Crippen molar-refractivity contribution in [2.24, 2.45) is 11.5 Å². The highest BCUT2D eigenvalue weighted by Gasteiger charge is 2.31. The minimum Gasteiger partial charge on any atom is -0.481 e. The van der Waals surface area contributed by atoms with Crippen LogP contribution in [0.2, 0.25) is 0 Å². The monoisotopic (exact) mass is 543 g/mol. The highest BCUT2D eigenvalue weighted by molar-refractivity contribution is 7.98. The van der Waals surface area contributed by atoms with Crippen LogP contribution in [0.25, 0.3) is 0 Å². The first-order valence-electron chi connectivity index (χ1n) is 11.3. The number of aromatic amines is 1. The van der Waals surface area contributed by atoms with E-state index >= 15 is 0 Å². The minimum absolute atomic E-state index is 0.132. The molecule has 0 spiro atoms. The van der Waals surface area contributed by atoms with Gasteiger partial charge in [-0.15, -0.1) is 0 Å². The molecule has 0 saturated carbocycles. The van der Waals surface area contributed by atoms with Crippen LogP contribution in [0, 0.1) is 0 Å². The highest BCUT2D eigenvalue weighted by atomic mass is 32.2. The van der Waals surface area contributed by atoms with Gasteiger partial charge in [0.15, 0.2) is 0 Å². The molecule has 1 heterocycles. The summed E-state index contributed by atoms with van der Waals surface area (Å²) in [5.74, 6) is -5.17. The number of imidazole rings is 1. The summed E-state index contributed by atoms with van der Waals surface area (Å²) in [6, 6.07) is -5.03. The maximum atomic E-state index is 13.1. The van der Waals surface area contributed by atoms with Crippen LogP contribution in [0.5, 0.6) is 0 Å². The van der Waals surface area contributed by atoms with Gasteiger partial charge in [-0.1, -0.05) is 0 Å². The zero-order valence-corrected chi connectivity index (χ0v) is 21.1. The number of nitrogens with zero attached hydrogens (tertiary/aromatic N) is 1. The number of aromatic nitrogens is 2. The van der Waals surface area contributed by atoms with Crippen LogP contribution >= 0.6 is 11.8 Å². The van der Waals surface area contributed by atoms with E-state index in [1.807, 2.05) is 6.26 Å². The molecule has 16 heteroatoms. The summed E-state index contributed by atoms with van der Waals surface area (Å²) in [6.45, 7) is 0. The number of primary amides is 1. The van der Waals surface area contributed by atoms with Crippen molar-refractivity contribution in [1.29, 1.82) is 0 Å². The number of nitrogens with one attached hydrogen (secondary N) is 4. The molecule has 1 aromatic rings. The van der Waals surface area contributed by atoms with Gasteiger partial charge in [0.05, 0.1) is 12.4 Å². The van der Waals surface area contributed by atoms with E-state index in [4.69, 9.17) is 16.6 Å². The van der Waals surface area contributed by atoms with E-state index in [0.29, 0.717) is 17.9 Å². The van der Waals surface area contributed by atoms with Crippen LogP contribution in [-0.4, -0.2) is 91.9 Å². The van der Waals surface area contributed by atoms with Gasteiger partial charge in [0.25, 0.3) is 0 Å². The third-order valence-corrected chi connectivity index (χ3v) is 5.80. The molecule has 10 N–H and O–H groups in total. The van der Waals surface area contributed by atoms with Gasteiger partial charge in [-0.3, -0.25) is 24.0 Å². The van der Waals surface area contributed by atoms with Crippen molar-refractivity contribution in [3.8, 4) is 0 Å². The van der Waals surface area contributed by atoms with Gasteiger partial charge in [-0.05, 0) is 31.3 Å². The maximum Gasteiger partial charge on any atom is 0.326 e. The third kappa shape index (κ3) is 12.2. The summed E-state index contributed by atoms with van der Waals surface area (Å²) >= 11 is 1.48. The number of carboxylic acids is 2. The van der Waals surface area contributed by atoms with Gasteiger partial charge in [0.1, 0.15) is 18.1 Å². The Kier molecular flexibility index (Phi) is 13.7. The standard InChI is InChI=1S/C21H33N7O8S/c1-37-7-6-12(22)18(32)26-13(2-4-16(23)29)19(33)28-15(8-11-9-24-10-25-11)20(34)27-14(21(35)36)3-5-17(30)31/h9-10,12-15H,2-8,22H2,1H3,(H2,23,29)(H,24,25)(H,26,32)(H,27,34)(H,28,33)(H,30,31)(H,35,36). The number of hydrogen-bond acceptors (Lipinski definition) is 9. The summed E-state index contributed by atoms with van der Waals surface area (Å²) in [6.07, 6.45) is 3.48. The summed E-state index contributed by atoms with van der Waals surface area (Å²) in [4.78, 5) is 78.8. The van der Waals surface area contributed by atoms with E-state index in [-0.39, 0.29) is 25.7 Å².